The second-order valence-electron chi connectivity index (χ2n) is 3.00. The molecule has 2 unspecified atom stereocenters. The van der Waals surface area contributed by atoms with Crippen LogP contribution in [0.25, 0.3) is 0 Å². The van der Waals surface area contributed by atoms with Gasteiger partial charge < -0.3 is 10.2 Å². The molecule has 54 valence electrons. The molecule has 1 N–H and O–H groups in total. The lowest BCUT2D eigenvalue weighted by Crippen LogP contribution is -2.53. The Morgan fingerprint density at radius 3 is 2.11 bits per heavy atom. The molecule has 1 aliphatic carbocycles. The maximum atomic E-state index is 3.29. The molecule has 2 nitrogen and oxygen atoms in total. The molecular weight excluding hydrogens is 112 g/mol. The molecule has 2 heteroatoms. The van der Waals surface area contributed by atoms with Gasteiger partial charge in [0.2, 0.25) is 0 Å². The Bertz CT molecular complexity index is 88.9. The molecule has 0 radical (unpaired) electrons. The maximum Gasteiger partial charge on any atom is 0.0243 e. The van der Waals surface area contributed by atoms with Crippen molar-refractivity contribution >= 4 is 0 Å². The van der Waals surface area contributed by atoms with E-state index in [4.69, 9.17) is 0 Å². The Morgan fingerprint density at radius 2 is 2.00 bits per heavy atom. The first kappa shape index (κ1) is 7.03. The Morgan fingerprint density at radius 1 is 1.33 bits per heavy atom. The Kier molecular flexibility index (Phi) is 2.09. The smallest absolute Gasteiger partial charge is 0.0243 e. The summed E-state index contributed by atoms with van der Waals surface area (Å²) in [6.45, 7) is 0. The first-order valence-corrected chi connectivity index (χ1v) is 3.59. The van der Waals surface area contributed by atoms with Gasteiger partial charge >= 0.3 is 0 Å². The van der Waals surface area contributed by atoms with Crippen LogP contribution >= 0.6 is 0 Å². The minimum Gasteiger partial charge on any atom is -0.315 e. The minimum atomic E-state index is 0.750. The molecule has 0 heterocycles. The zero-order valence-corrected chi connectivity index (χ0v) is 6.52. The van der Waals surface area contributed by atoms with Crippen molar-refractivity contribution in [2.75, 3.05) is 21.1 Å². The average Bonchev–Trinajstić information content (AvgIpc) is 1.61. The minimum absolute atomic E-state index is 0.750. The second kappa shape index (κ2) is 2.67. The van der Waals surface area contributed by atoms with Crippen LogP contribution in [-0.4, -0.2) is 38.1 Å². The first-order chi connectivity index (χ1) is 4.25. The average molecular weight is 128 g/mol. The molecule has 2 atom stereocenters. The molecule has 0 amide bonds. The highest BCUT2D eigenvalue weighted by molar-refractivity contribution is 4.91. The third-order valence-electron chi connectivity index (χ3n) is 2.27. The van der Waals surface area contributed by atoms with Crippen LogP contribution in [0.3, 0.4) is 0 Å². The highest BCUT2D eigenvalue weighted by Gasteiger charge is 2.30. The molecule has 0 aromatic carbocycles. The summed E-state index contributed by atoms with van der Waals surface area (Å²) in [5.74, 6) is 0. The van der Waals surface area contributed by atoms with E-state index in [0.717, 1.165) is 12.1 Å². The zero-order chi connectivity index (χ0) is 6.85. The van der Waals surface area contributed by atoms with Gasteiger partial charge in [0.1, 0.15) is 0 Å². The SMILES string of the molecule is CNC1CCC1N(C)C. The van der Waals surface area contributed by atoms with E-state index in [1.165, 1.54) is 12.8 Å². The van der Waals surface area contributed by atoms with Crippen molar-refractivity contribution in [3.8, 4) is 0 Å². The second-order valence-corrected chi connectivity index (χ2v) is 3.00. The molecule has 9 heavy (non-hydrogen) atoms. The third kappa shape index (κ3) is 1.25. The maximum absolute atomic E-state index is 3.29. The van der Waals surface area contributed by atoms with Gasteiger partial charge in [-0.25, -0.2) is 0 Å². The molecule has 0 saturated heterocycles. The Balaban J connectivity index is 2.27. The van der Waals surface area contributed by atoms with E-state index in [1.807, 2.05) is 7.05 Å². The number of nitrogens with zero attached hydrogens (tertiary/aromatic N) is 1. The Labute approximate surface area is 57.2 Å². The normalized spacial score (nSPS) is 34.7. The molecular formula is C7H16N2. The fourth-order valence-electron chi connectivity index (χ4n) is 1.44. The molecule has 0 aliphatic heterocycles. The highest BCUT2D eigenvalue weighted by atomic mass is 15.2. The van der Waals surface area contributed by atoms with Crippen LogP contribution in [0.4, 0.5) is 0 Å². The van der Waals surface area contributed by atoms with E-state index >= 15 is 0 Å². The van der Waals surface area contributed by atoms with Gasteiger partial charge in [0, 0.05) is 12.1 Å². The summed E-state index contributed by atoms with van der Waals surface area (Å²) in [5, 5.41) is 3.29. The summed E-state index contributed by atoms with van der Waals surface area (Å²) in [7, 11) is 6.34. The van der Waals surface area contributed by atoms with Gasteiger partial charge in [0.15, 0.2) is 0 Å². The van der Waals surface area contributed by atoms with Crippen LogP contribution < -0.4 is 5.32 Å². The standard InChI is InChI=1S/C7H16N2/c1-8-6-4-5-7(6)9(2)3/h6-8H,4-5H2,1-3H3. The van der Waals surface area contributed by atoms with Crippen LogP contribution in [0.15, 0.2) is 0 Å². The number of hydrogen-bond donors (Lipinski definition) is 1. The quantitative estimate of drug-likeness (QED) is 0.575. The van der Waals surface area contributed by atoms with Gasteiger partial charge in [0.25, 0.3) is 0 Å². The van der Waals surface area contributed by atoms with Crippen molar-refractivity contribution in [1.29, 1.82) is 0 Å². The van der Waals surface area contributed by atoms with Gasteiger partial charge in [-0.05, 0) is 34.0 Å². The molecule has 1 rings (SSSR count). The van der Waals surface area contributed by atoms with E-state index in [-0.39, 0.29) is 0 Å². The summed E-state index contributed by atoms with van der Waals surface area (Å²) < 4.78 is 0. The van der Waals surface area contributed by atoms with Crippen molar-refractivity contribution in [2.45, 2.75) is 24.9 Å². The van der Waals surface area contributed by atoms with Crippen LogP contribution in [-0.2, 0) is 0 Å². The lowest BCUT2D eigenvalue weighted by Gasteiger charge is -2.40. The van der Waals surface area contributed by atoms with E-state index in [9.17, 15) is 0 Å². The van der Waals surface area contributed by atoms with Crippen molar-refractivity contribution < 1.29 is 0 Å². The van der Waals surface area contributed by atoms with Gasteiger partial charge in [-0.1, -0.05) is 0 Å². The predicted molar refractivity (Wildman–Crippen MR) is 39.6 cm³/mol. The van der Waals surface area contributed by atoms with Crippen LogP contribution in [0.1, 0.15) is 12.8 Å². The monoisotopic (exact) mass is 128 g/mol. The lowest BCUT2D eigenvalue weighted by molar-refractivity contribution is 0.140. The molecule has 0 bridgehead atoms. The summed E-state index contributed by atoms with van der Waals surface area (Å²) in [6.07, 6.45) is 2.71. The van der Waals surface area contributed by atoms with Crippen molar-refractivity contribution in [3.05, 3.63) is 0 Å². The molecule has 1 aliphatic rings. The van der Waals surface area contributed by atoms with Crippen molar-refractivity contribution in [1.82, 2.24) is 10.2 Å². The summed E-state index contributed by atoms with van der Waals surface area (Å²) in [4.78, 5) is 2.30. The van der Waals surface area contributed by atoms with E-state index < -0.39 is 0 Å². The summed E-state index contributed by atoms with van der Waals surface area (Å²) >= 11 is 0. The molecule has 1 fully saturated rings. The molecule has 0 spiro atoms. The van der Waals surface area contributed by atoms with E-state index in [2.05, 4.69) is 24.3 Å². The van der Waals surface area contributed by atoms with Gasteiger partial charge in [-0.15, -0.1) is 0 Å². The van der Waals surface area contributed by atoms with Crippen molar-refractivity contribution in [2.24, 2.45) is 0 Å². The molecule has 1 saturated carbocycles. The largest absolute Gasteiger partial charge is 0.315 e. The topological polar surface area (TPSA) is 15.3 Å². The molecule has 0 aromatic rings. The number of nitrogens with one attached hydrogen (secondary N) is 1. The third-order valence-corrected chi connectivity index (χ3v) is 2.27. The van der Waals surface area contributed by atoms with E-state index in [1.54, 1.807) is 0 Å². The Hall–Kier alpha value is -0.0800. The highest BCUT2D eigenvalue weighted by Crippen LogP contribution is 2.22. The van der Waals surface area contributed by atoms with Crippen molar-refractivity contribution in [3.63, 3.8) is 0 Å². The number of likely N-dealkylation sites (N-methyl/N-ethyl adjacent to an activating group) is 2. The van der Waals surface area contributed by atoms with Gasteiger partial charge in [-0.2, -0.15) is 0 Å². The van der Waals surface area contributed by atoms with Gasteiger partial charge in [-0.3, -0.25) is 0 Å². The summed E-state index contributed by atoms with van der Waals surface area (Å²) in [6, 6.07) is 1.54. The lowest BCUT2D eigenvalue weighted by atomic mass is 9.86. The van der Waals surface area contributed by atoms with E-state index in [0.29, 0.717) is 0 Å². The summed E-state index contributed by atoms with van der Waals surface area (Å²) in [5.41, 5.74) is 0. The predicted octanol–water partition coefficient (Wildman–Crippen LogP) is 0.298. The van der Waals surface area contributed by atoms with Crippen LogP contribution in [0.5, 0.6) is 0 Å². The zero-order valence-electron chi connectivity index (χ0n) is 6.52. The number of hydrogen-bond acceptors (Lipinski definition) is 2. The molecule has 0 aromatic heterocycles. The van der Waals surface area contributed by atoms with Gasteiger partial charge in [0.05, 0.1) is 0 Å². The number of rotatable bonds is 2. The first-order valence-electron chi connectivity index (χ1n) is 3.59. The van der Waals surface area contributed by atoms with Crippen LogP contribution in [0.2, 0.25) is 0 Å². The fraction of sp³-hybridized carbons (Fsp3) is 1.00. The van der Waals surface area contributed by atoms with Crippen LogP contribution in [0, 0.1) is 0 Å². The fourth-order valence-corrected chi connectivity index (χ4v) is 1.44.